The maximum absolute atomic E-state index is 11.9. The van der Waals surface area contributed by atoms with E-state index >= 15 is 0 Å². The maximum atomic E-state index is 11.9. The second-order valence-corrected chi connectivity index (χ2v) is 4.94. The summed E-state index contributed by atoms with van der Waals surface area (Å²) in [6.07, 6.45) is 1.40. The van der Waals surface area contributed by atoms with Gasteiger partial charge in [-0.3, -0.25) is 0 Å². The van der Waals surface area contributed by atoms with E-state index in [1.54, 1.807) is 0 Å². The molecular formula is C14H21N3O3. The van der Waals surface area contributed by atoms with E-state index in [9.17, 15) is 4.79 Å². The normalized spacial score (nSPS) is 15.9. The van der Waals surface area contributed by atoms with Crippen LogP contribution >= 0.6 is 0 Å². The van der Waals surface area contributed by atoms with Crippen molar-refractivity contribution in [2.24, 2.45) is 0 Å². The Hall–Kier alpha value is -1.79. The molecule has 0 radical (unpaired) electrons. The van der Waals surface area contributed by atoms with E-state index in [1.807, 2.05) is 24.3 Å². The second-order valence-electron chi connectivity index (χ2n) is 4.94. The lowest BCUT2D eigenvalue weighted by Crippen LogP contribution is -2.45. The van der Waals surface area contributed by atoms with E-state index in [-0.39, 0.29) is 11.6 Å². The first-order chi connectivity index (χ1) is 9.59. The Morgan fingerprint density at radius 2 is 2.10 bits per heavy atom. The number of carbonyl (C=O) groups is 1. The molecule has 1 aromatic rings. The molecule has 0 spiro atoms. The van der Waals surface area contributed by atoms with Crippen molar-refractivity contribution in [3.05, 3.63) is 29.8 Å². The molecule has 4 N–H and O–H groups in total. The van der Waals surface area contributed by atoms with Crippen LogP contribution in [0, 0.1) is 0 Å². The van der Waals surface area contributed by atoms with Gasteiger partial charge in [-0.15, -0.1) is 0 Å². The van der Waals surface area contributed by atoms with Crippen molar-refractivity contribution < 1.29 is 14.3 Å². The standard InChI is InChI=1S/C14H21N3O3/c1-19-12(20-2)9-16-13(18)17-14(6-7-14)10-4-3-5-11(15)8-10/h3-5,8,12H,6-7,9,15H2,1-2H3,(H2,16,17,18). The van der Waals surface area contributed by atoms with Crippen LogP contribution in [-0.4, -0.2) is 33.1 Å². The smallest absolute Gasteiger partial charge is 0.315 e. The fourth-order valence-corrected chi connectivity index (χ4v) is 2.15. The Kier molecular flexibility index (Phi) is 4.46. The van der Waals surface area contributed by atoms with Crippen LogP contribution in [0.25, 0.3) is 0 Å². The highest BCUT2D eigenvalue weighted by molar-refractivity contribution is 5.75. The molecule has 110 valence electrons. The molecule has 0 saturated heterocycles. The molecule has 0 heterocycles. The third-order valence-electron chi connectivity index (χ3n) is 3.50. The Morgan fingerprint density at radius 1 is 1.40 bits per heavy atom. The number of anilines is 1. The Labute approximate surface area is 118 Å². The topological polar surface area (TPSA) is 85.6 Å². The van der Waals surface area contributed by atoms with Gasteiger partial charge in [-0.05, 0) is 30.5 Å². The van der Waals surface area contributed by atoms with E-state index in [4.69, 9.17) is 15.2 Å². The average Bonchev–Trinajstić information content (AvgIpc) is 3.21. The van der Waals surface area contributed by atoms with Crippen LogP contribution in [0.1, 0.15) is 18.4 Å². The zero-order valence-corrected chi connectivity index (χ0v) is 11.8. The second kappa shape index (κ2) is 6.11. The Morgan fingerprint density at radius 3 is 2.65 bits per heavy atom. The number of amides is 2. The summed E-state index contributed by atoms with van der Waals surface area (Å²) in [5.74, 6) is 0. The number of benzene rings is 1. The first kappa shape index (κ1) is 14.6. The van der Waals surface area contributed by atoms with Crippen LogP contribution in [-0.2, 0) is 15.0 Å². The number of urea groups is 1. The SMILES string of the molecule is COC(CNC(=O)NC1(c2cccc(N)c2)CC1)OC. The molecule has 0 aromatic heterocycles. The molecule has 20 heavy (non-hydrogen) atoms. The fraction of sp³-hybridized carbons (Fsp3) is 0.500. The predicted octanol–water partition coefficient (Wildman–Crippen LogP) is 1.18. The largest absolute Gasteiger partial charge is 0.399 e. The minimum Gasteiger partial charge on any atom is -0.399 e. The van der Waals surface area contributed by atoms with Gasteiger partial charge in [-0.1, -0.05) is 12.1 Å². The summed E-state index contributed by atoms with van der Waals surface area (Å²) in [4.78, 5) is 11.9. The monoisotopic (exact) mass is 279 g/mol. The van der Waals surface area contributed by atoms with Crippen molar-refractivity contribution in [1.82, 2.24) is 10.6 Å². The summed E-state index contributed by atoms with van der Waals surface area (Å²) in [5, 5.41) is 5.73. The van der Waals surface area contributed by atoms with Gasteiger partial charge in [0.2, 0.25) is 0 Å². The predicted molar refractivity (Wildman–Crippen MR) is 76.1 cm³/mol. The van der Waals surface area contributed by atoms with Crippen LogP contribution in [0.5, 0.6) is 0 Å². The number of rotatable bonds is 6. The summed E-state index contributed by atoms with van der Waals surface area (Å²) in [6, 6.07) is 7.39. The van der Waals surface area contributed by atoms with Crippen molar-refractivity contribution in [1.29, 1.82) is 0 Å². The fourth-order valence-electron chi connectivity index (χ4n) is 2.15. The summed E-state index contributed by atoms with van der Waals surface area (Å²) in [7, 11) is 3.06. The number of ether oxygens (including phenoxy) is 2. The molecule has 1 aromatic carbocycles. The molecule has 1 aliphatic rings. The van der Waals surface area contributed by atoms with E-state index < -0.39 is 6.29 Å². The molecule has 0 atom stereocenters. The summed E-state index contributed by atoms with van der Waals surface area (Å²) in [6.45, 7) is 0.297. The average molecular weight is 279 g/mol. The summed E-state index contributed by atoms with van der Waals surface area (Å²) >= 11 is 0. The van der Waals surface area contributed by atoms with Crippen LogP contribution in [0.2, 0.25) is 0 Å². The van der Waals surface area contributed by atoms with E-state index in [2.05, 4.69) is 10.6 Å². The van der Waals surface area contributed by atoms with Crippen molar-refractivity contribution in [2.45, 2.75) is 24.7 Å². The number of hydrogen-bond acceptors (Lipinski definition) is 4. The highest BCUT2D eigenvalue weighted by Gasteiger charge is 2.45. The molecule has 0 bridgehead atoms. The number of nitrogens with one attached hydrogen (secondary N) is 2. The highest BCUT2D eigenvalue weighted by atomic mass is 16.7. The number of nitrogens with two attached hydrogens (primary N) is 1. The zero-order valence-electron chi connectivity index (χ0n) is 11.8. The van der Waals surface area contributed by atoms with Crippen molar-refractivity contribution in [3.63, 3.8) is 0 Å². The van der Waals surface area contributed by atoms with Crippen molar-refractivity contribution >= 4 is 11.7 Å². The third kappa shape index (κ3) is 3.40. The van der Waals surface area contributed by atoms with Crippen LogP contribution in [0.15, 0.2) is 24.3 Å². The molecular weight excluding hydrogens is 258 g/mol. The van der Waals surface area contributed by atoms with Gasteiger partial charge >= 0.3 is 6.03 Å². The van der Waals surface area contributed by atoms with Crippen molar-refractivity contribution in [2.75, 3.05) is 26.5 Å². The summed E-state index contributed by atoms with van der Waals surface area (Å²) < 4.78 is 10.0. The summed E-state index contributed by atoms with van der Waals surface area (Å²) in [5.41, 5.74) is 7.25. The minimum absolute atomic E-state index is 0.232. The molecule has 1 saturated carbocycles. The van der Waals surface area contributed by atoms with Crippen LogP contribution in [0.4, 0.5) is 10.5 Å². The first-order valence-electron chi connectivity index (χ1n) is 6.57. The van der Waals surface area contributed by atoms with Crippen LogP contribution < -0.4 is 16.4 Å². The molecule has 2 amide bonds. The number of hydrogen-bond donors (Lipinski definition) is 3. The van der Waals surface area contributed by atoms with Gasteiger partial charge < -0.3 is 25.8 Å². The zero-order chi connectivity index (χ0) is 14.6. The molecule has 0 unspecified atom stereocenters. The maximum Gasteiger partial charge on any atom is 0.315 e. The quantitative estimate of drug-likeness (QED) is 0.539. The van der Waals surface area contributed by atoms with E-state index in [0.717, 1.165) is 18.4 Å². The van der Waals surface area contributed by atoms with E-state index in [1.165, 1.54) is 14.2 Å². The highest BCUT2D eigenvalue weighted by Crippen LogP contribution is 2.45. The van der Waals surface area contributed by atoms with Crippen molar-refractivity contribution in [3.8, 4) is 0 Å². The number of methoxy groups -OCH3 is 2. The molecule has 0 aliphatic heterocycles. The van der Waals surface area contributed by atoms with Gasteiger partial charge in [-0.25, -0.2) is 4.79 Å². The van der Waals surface area contributed by atoms with Gasteiger partial charge in [0.1, 0.15) is 0 Å². The van der Waals surface area contributed by atoms with Gasteiger partial charge in [0.25, 0.3) is 0 Å². The molecule has 1 aliphatic carbocycles. The minimum atomic E-state index is -0.441. The lowest BCUT2D eigenvalue weighted by atomic mass is 10.0. The lowest BCUT2D eigenvalue weighted by molar-refractivity contribution is -0.0972. The third-order valence-corrected chi connectivity index (χ3v) is 3.50. The molecule has 6 heteroatoms. The molecule has 1 fully saturated rings. The Balaban J connectivity index is 1.91. The van der Waals surface area contributed by atoms with Gasteiger partial charge in [0.15, 0.2) is 6.29 Å². The van der Waals surface area contributed by atoms with Gasteiger partial charge in [0.05, 0.1) is 12.1 Å². The van der Waals surface area contributed by atoms with Gasteiger partial charge in [-0.2, -0.15) is 0 Å². The van der Waals surface area contributed by atoms with Gasteiger partial charge in [0, 0.05) is 19.9 Å². The lowest BCUT2D eigenvalue weighted by Gasteiger charge is -2.20. The van der Waals surface area contributed by atoms with Crippen LogP contribution in [0.3, 0.4) is 0 Å². The molecule has 6 nitrogen and oxygen atoms in total. The first-order valence-corrected chi connectivity index (χ1v) is 6.57. The number of carbonyl (C=O) groups excluding carboxylic acids is 1. The number of nitrogen functional groups attached to an aromatic ring is 1. The molecule has 2 rings (SSSR count). The van der Waals surface area contributed by atoms with E-state index in [0.29, 0.717) is 12.2 Å². The Bertz CT molecular complexity index is 470.